The Morgan fingerprint density at radius 2 is 1.83 bits per heavy atom. The van der Waals surface area contributed by atoms with E-state index in [0.29, 0.717) is 0 Å². The Bertz CT molecular complexity index is 238. The Morgan fingerprint density at radius 1 is 1.25 bits per heavy atom. The van der Waals surface area contributed by atoms with Gasteiger partial charge in [0.2, 0.25) is 0 Å². The van der Waals surface area contributed by atoms with Crippen molar-refractivity contribution in [2.45, 2.75) is 18.2 Å². The van der Waals surface area contributed by atoms with Crippen LogP contribution in [0.5, 0.6) is 0 Å². The van der Waals surface area contributed by atoms with Gasteiger partial charge in [-0.25, -0.2) is 4.39 Å². The van der Waals surface area contributed by atoms with Gasteiger partial charge >= 0.3 is 5.92 Å². The predicted octanol–water partition coefficient (Wildman–Crippen LogP) is 2.14. The number of methoxy groups -OCH3 is 1. The van der Waals surface area contributed by atoms with E-state index in [4.69, 9.17) is 0 Å². The van der Waals surface area contributed by atoms with Crippen molar-refractivity contribution in [1.82, 2.24) is 0 Å². The monoisotopic (exact) mass is 178 g/mol. The standard InChI is InChI=1S/C8H9F3O/c1-12-8(11)6-3-2-5(4-6)7(8,9)10/h2-3,5-6H,4H2,1H3. The third kappa shape index (κ3) is 0.648. The molecule has 12 heavy (non-hydrogen) atoms. The molecule has 0 saturated heterocycles. The summed E-state index contributed by atoms with van der Waals surface area (Å²) in [5.74, 6) is -7.89. The summed E-state index contributed by atoms with van der Waals surface area (Å²) in [6.45, 7) is 0. The minimum atomic E-state index is -3.36. The maximum Gasteiger partial charge on any atom is 0.312 e. The van der Waals surface area contributed by atoms with E-state index in [1.54, 1.807) is 0 Å². The van der Waals surface area contributed by atoms with E-state index in [9.17, 15) is 13.2 Å². The lowest BCUT2D eigenvalue weighted by atomic mass is 9.98. The number of rotatable bonds is 1. The molecule has 0 aromatic carbocycles. The molecule has 1 fully saturated rings. The largest absolute Gasteiger partial charge is 0.344 e. The van der Waals surface area contributed by atoms with Crippen LogP contribution in [0.25, 0.3) is 0 Å². The van der Waals surface area contributed by atoms with Gasteiger partial charge < -0.3 is 4.74 Å². The molecule has 1 saturated carbocycles. The van der Waals surface area contributed by atoms with Gasteiger partial charge in [-0.05, 0) is 6.42 Å². The molecule has 0 N–H and O–H groups in total. The molecular weight excluding hydrogens is 169 g/mol. The Morgan fingerprint density at radius 3 is 2.17 bits per heavy atom. The van der Waals surface area contributed by atoms with Gasteiger partial charge in [0.15, 0.2) is 0 Å². The first-order valence-electron chi connectivity index (χ1n) is 3.82. The summed E-state index contributed by atoms with van der Waals surface area (Å²) >= 11 is 0. The molecule has 0 aromatic rings. The maximum atomic E-state index is 13.5. The van der Waals surface area contributed by atoms with Crippen molar-refractivity contribution in [3.63, 3.8) is 0 Å². The fourth-order valence-electron chi connectivity index (χ4n) is 2.03. The van der Waals surface area contributed by atoms with Gasteiger partial charge in [-0.15, -0.1) is 0 Å². The van der Waals surface area contributed by atoms with Crippen LogP contribution in [0.2, 0.25) is 0 Å². The summed E-state index contributed by atoms with van der Waals surface area (Å²) in [6.07, 6.45) is 3.02. The summed E-state index contributed by atoms with van der Waals surface area (Å²) < 4.78 is 44.0. The van der Waals surface area contributed by atoms with E-state index in [1.165, 1.54) is 12.2 Å². The minimum Gasteiger partial charge on any atom is -0.344 e. The van der Waals surface area contributed by atoms with Gasteiger partial charge in [-0.2, -0.15) is 8.78 Å². The van der Waals surface area contributed by atoms with E-state index >= 15 is 0 Å². The Hall–Kier alpha value is -0.510. The fourth-order valence-corrected chi connectivity index (χ4v) is 2.03. The zero-order valence-electron chi connectivity index (χ0n) is 6.56. The molecule has 1 nitrogen and oxygen atoms in total. The van der Waals surface area contributed by atoms with Crippen LogP contribution in [0.1, 0.15) is 6.42 Å². The highest BCUT2D eigenvalue weighted by molar-refractivity contribution is 5.21. The van der Waals surface area contributed by atoms with Gasteiger partial charge in [-0.1, -0.05) is 12.2 Å². The molecule has 4 heteroatoms. The number of fused-ring (bicyclic) bond motifs is 2. The second-order valence-electron chi connectivity index (χ2n) is 3.31. The molecule has 2 rings (SSSR count). The van der Waals surface area contributed by atoms with Crippen LogP contribution >= 0.6 is 0 Å². The average molecular weight is 178 g/mol. The highest BCUT2D eigenvalue weighted by Gasteiger charge is 2.70. The van der Waals surface area contributed by atoms with Crippen LogP contribution < -0.4 is 0 Å². The van der Waals surface area contributed by atoms with Crippen molar-refractivity contribution < 1.29 is 17.9 Å². The Balaban J connectivity index is 2.42. The number of allylic oxidation sites excluding steroid dienone is 1. The van der Waals surface area contributed by atoms with E-state index in [1.807, 2.05) is 0 Å². The molecule has 0 aromatic heterocycles. The number of ether oxygens (including phenoxy) is 1. The maximum absolute atomic E-state index is 13.5. The molecule has 0 aliphatic heterocycles. The predicted molar refractivity (Wildman–Crippen MR) is 36.5 cm³/mol. The molecule has 0 spiro atoms. The molecule has 0 amide bonds. The van der Waals surface area contributed by atoms with E-state index in [-0.39, 0.29) is 6.42 Å². The molecule has 2 aliphatic carbocycles. The third-order valence-corrected chi connectivity index (χ3v) is 2.78. The quantitative estimate of drug-likeness (QED) is 0.559. The molecule has 2 aliphatic rings. The SMILES string of the molecule is COC1(F)C2C=CC(C2)C1(F)F. The molecule has 0 heterocycles. The van der Waals surface area contributed by atoms with Crippen molar-refractivity contribution >= 4 is 0 Å². The Kier molecular flexibility index (Phi) is 1.38. The third-order valence-electron chi connectivity index (χ3n) is 2.78. The van der Waals surface area contributed by atoms with Crippen LogP contribution in [0, 0.1) is 11.8 Å². The first-order chi connectivity index (χ1) is 5.52. The highest BCUT2D eigenvalue weighted by Crippen LogP contribution is 2.58. The zero-order valence-corrected chi connectivity index (χ0v) is 6.56. The van der Waals surface area contributed by atoms with Crippen LogP contribution in [0.4, 0.5) is 13.2 Å². The highest BCUT2D eigenvalue weighted by atomic mass is 19.3. The van der Waals surface area contributed by atoms with Gasteiger partial charge in [0.05, 0.1) is 0 Å². The van der Waals surface area contributed by atoms with Crippen LogP contribution in [0.15, 0.2) is 12.2 Å². The zero-order chi connectivity index (χ0) is 8.98. The van der Waals surface area contributed by atoms with Crippen molar-refractivity contribution in [3.05, 3.63) is 12.2 Å². The smallest absolute Gasteiger partial charge is 0.312 e. The summed E-state index contributed by atoms with van der Waals surface area (Å²) in [6, 6.07) is 0. The van der Waals surface area contributed by atoms with Crippen molar-refractivity contribution in [1.29, 1.82) is 0 Å². The first-order valence-corrected chi connectivity index (χ1v) is 3.82. The lowest BCUT2D eigenvalue weighted by Crippen LogP contribution is -2.48. The van der Waals surface area contributed by atoms with E-state index in [2.05, 4.69) is 4.74 Å². The normalized spacial score (nSPS) is 48.7. The van der Waals surface area contributed by atoms with Gasteiger partial charge in [0.1, 0.15) is 0 Å². The van der Waals surface area contributed by atoms with Crippen LogP contribution in [0.3, 0.4) is 0 Å². The average Bonchev–Trinajstić information content (AvgIpc) is 2.55. The number of halogens is 3. The summed E-state index contributed by atoms with van der Waals surface area (Å²) in [5, 5.41) is 0. The molecular formula is C8H9F3O. The molecule has 3 unspecified atom stereocenters. The summed E-state index contributed by atoms with van der Waals surface area (Å²) in [4.78, 5) is 0. The number of alkyl halides is 3. The summed E-state index contributed by atoms with van der Waals surface area (Å²) in [5.41, 5.74) is 0. The van der Waals surface area contributed by atoms with Crippen LogP contribution in [-0.4, -0.2) is 18.9 Å². The molecule has 68 valence electrons. The second-order valence-corrected chi connectivity index (χ2v) is 3.31. The lowest BCUT2D eigenvalue weighted by Gasteiger charge is -2.32. The van der Waals surface area contributed by atoms with Crippen LogP contribution in [-0.2, 0) is 4.74 Å². The second kappa shape index (κ2) is 2.05. The molecule has 2 bridgehead atoms. The van der Waals surface area contributed by atoms with E-state index < -0.39 is 23.6 Å². The summed E-state index contributed by atoms with van der Waals surface area (Å²) in [7, 11) is 0.989. The van der Waals surface area contributed by atoms with Crippen molar-refractivity contribution in [3.8, 4) is 0 Å². The Labute approximate surface area is 68.2 Å². The number of hydrogen-bond acceptors (Lipinski definition) is 1. The van der Waals surface area contributed by atoms with E-state index in [0.717, 1.165) is 7.11 Å². The van der Waals surface area contributed by atoms with Gasteiger partial charge in [0.25, 0.3) is 5.85 Å². The molecule has 0 radical (unpaired) electrons. The minimum absolute atomic E-state index is 0.164. The van der Waals surface area contributed by atoms with Gasteiger partial charge in [-0.3, -0.25) is 0 Å². The first kappa shape index (κ1) is 8.10. The molecule has 3 atom stereocenters. The topological polar surface area (TPSA) is 9.23 Å². The van der Waals surface area contributed by atoms with Gasteiger partial charge in [0, 0.05) is 18.9 Å². The fraction of sp³-hybridized carbons (Fsp3) is 0.750. The number of hydrogen-bond donors (Lipinski definition) is 0. The van der Waals surface area contributed by atoms with Crippen molar-refractivity contribution in [2.24, 2.45) is 11.8 Å². The van der Waals surface area contributed by atoms with Crippen molar-refractivity contribution in [2.75, 3.05) is 7.11 Å². The lowest BCUT2D eigenvalue weighted by molar-refractivity contribution is -0.271.